The molecule has 2 aliphatic heterocycles. The van der Waals surface area contributed by atoms with Gasteiger partial charge in [0, 0.05) is 24.3 Å². The molecule has 0 radical (unpaired) electrons. The molecule has 1 saturated heterocycles. The van der Waals surface area contributed by atoms with Crippen molar-refractivity contribution >= 4 is 34.8 Å². The van der Waals surface area contributed by atoms with Crippen LogP contribution in [0.15, 0.2) is 94.2 Å². The van der Waals surface area contributed by atoms with Gasteiger partial charge in [0.1, 0.15) is 5.75 Å². The molecule has 1 aromatic heterocycles. The average Bonchev–Trinajstić information content (AvgIpc) is 3.35. The van der Waals surface area contributed by atoms with Crippen molar-refractivity contribution in [3.05, 3.63) is 121 Å². The van der Waals surface area contributed by atoms with Gasteiger partial charge < -0.3 is 14.4 Å². The van der Waals surface area contributed by atoms with Crippen LogP contribution in [0, 0.1) is 0 Å². The van der Waals surface area contributed by atoms with Crippen molar-refractivity contribution in [2.75, 3.05) is 24.6 Å². The third-order valence-electron chi connectivity index (χ3n) is 7.85. The normalized spacial score (nSPS) is 17.0. The summed E-state index contributed by atoms with van der Waals surface area (Å²) in [5, 5.41) is 0. The van der Waals surface area contributed by atoms with Gasteiger partial charge in [0.05, 0.1) is 34.6 Å². The SMILES string of the molecule is CCOC(=O)C1=C(c2ccccc2)N=c2s/c(=C\c3ccc(N4CCCCC4)cc3)c(=O)n2[C@@H]1c1ccc(OC(C)C)cc1. The number of rotatable bonds is 8. The highest BCUT2D eigenvalue weighted by Gasteiger charge is 2.35. The van der Waals surface area contributed by atoms with Crippen molar-refractivity contribution in [3.8, 4) is 5.75 Å². The summed E-state index contributed by atoms with van der Waals surface area (Å²) in [4.78, 5) is 35.7. The van der Waals surface area contributed by atoms with E-state index in [0.717, 1.165) is 29.8 Å². The van der Waals surface area contributed by atoms with Crippen molar-refractivity contribution in [3.63, 3.8) is 0 Å². The molecule has 3 aromatic carbocycles. The summed E-state index contributed by atoms with van der Waals surface area (Å²) in [5.74, 6) is 0.222. The predicted octanol–water partition coefficient (Wildman–Crippen LogP) is 5.71. The van der Waals surface area contributed by atoms with Crippen molar-refractivity contribution in [1.82, 2.24) is 4.57 Å². The van der Waals surface area contributed by atoms with Crippen LogP contribution in [0.4, 0.5) is 5.69 Å². The van der Waals surface area contributed by atoms with Crippen LogP contribution in [0.2, 0.25) is 0 Å². The van der Waals surface area contributed by atoms with Crippen LogP contribution >= 0.6 is 11.3 Å². The Bertz CT molecular complexity index is 1830. The summed E-state index contributed by atoms with van der Waals surface area (Å²) in [6.07, 6.45) is 5.66. The van der Waals surface area contributed by atoms with E-state index < -0.39 is 12.0 Å². The molecule has 226 valence electrons. The molecule has 0 saturated carbocycles. The Morgan fingerprint density at radius 3 is 2.34 bits per heavy atom. The Morgan fingerprint density at radius 1 is 0.977 bits per heavy atom. The zero-order valence-corrected chi connectivity index (χ0v) is 26.2. The Kier molecular flexibility index (Phi) is 8.79. The van der Waals surface area contributed by atoms with Crippen LogP contribution in [-0.2, 0) is 9.53 Å². The van der Waals surface area contributed by atoms with Crippen LogP contribution in [0.5, 0.6) is 5.75 Å². The van der Waals surface area contributed by atoms with E-state index in [0.29, 0.717) is 26.4 Å². The maximum atomic E-state index is 14.2. The molecule has 7 nitrogen and oxygen atoms in total. The van der Waals surface area contributed by atoms with Crippen LogP contribution in [-0.4, -0.2) is 36.3 Å². The molecule has 6 rings (SSSR count). The van der Waals surface area contributed by atoms with Crippen LogP contribution in [0.3, 0.4) is 0 Å². The number of carbonyl (C=O) groups excluding carboxylic acids is 1. The highest BCUT2D eigenvalue weighted by Crippen LogP contribution is 2.35. The van der Waals surface area contributed by atoms with E-state index in [1.54, 1.807) is 11.5 Å². The largest absolute Gasteiger partial charge is 0.491 e. The van der Waals surface area contributed by atoms with Crippen LogP contribution in [0.25, 0.3) is 11.8 Å². The Morgan fingerprint density at radius 2 is 1.68 bits per heavy atom. The molecular formula is C36H37N3O4S. The van der Waals surface area contributed by atoms with E-state index in [-0.39, 0.29) is 18.3 Å². The molecule has 0 spiro atoms. The first-order chi connectivity index (χ1) is 21.4. The number of carbonyl (C=O) groups is 1. The first kappa shape index (κ1) is 29.6. The lowest BCUT2D eigenvalue weighted by Crippen LogP contribution is -2.40. The first-order valence-electron chi connectivity index (χ1n) is 15.3. The van der Waals surface area contributed by atoms with E-state index in [1.807, 2.05) is 74.5 Å². The molecule has 0 N–H and O–H groups in total. The summed E-state index contributed by atoms with van der Waals surface area (Å²) >= 11 is 1.33. The number of piperidine rings is 1. The molecule has 0 amide bonds. The minimum atomic E-state index is -0.725. The number of hydrogen-bond donors (Lipinski definition) is 0. The van der Waals surface area contributed by atoms with Gasteiger partial charge in [0.2, 0.25) is 0 Å². The summed E-state index contributed by atoms with van der Waals surface area (Å²) in [7, 11) is 0. The van der Waals surface area contributed by atoms with Gasteiger partial charge >= 0.3 is 5.97 Å². The average molecular weight is 608 g/mol. The van der Waals surface area contributed by atoms with Crippen molar-refractivity contribution in [1.29, 1.82) is 0 Å². The standard InChI is InChI=1S/C36H37N3O4S/c1-4-42-35(41)31-32(26-11-7-5-8-12-26)37-36-39(33(31)27-15-19-29(20-16-27)43-24(2)3)34(40)30(44-36)23-25-13-17-28(18-14-25)38-21-9-6-10-22-38/h5,7-8,11-20,23-24,33H,4,6,9-10,21-22H2,1-3H3/b30-23-/t33-/m1/s1. The van der Waals surface area contributed by atoms with Gasteiger partial charge in [-0.2, -0.15) is 0 Å². The third-order valence-corrected chi connectivity index (χ3v) is 8.84. The number of aromatic nitrogens is 1. The lowest BCUT2D eigenvalue weighted by Gasteiger charge is -2.28. The highest BCUT2D eigenvalue weighted by molar-refractivity contribution is 7.07. The molecule has 4 aromatic rings. The van der Waals surface area contributed by atoms with Gasteiger partial charge in [0.25, 0.3) is 5.56 Å². The van der Waals surface area contributed by atoms with Gasteiger partial charge in [-0.3, -0.25) is 9.36 Å². The van der Waals surface area contributed by atoms with Crippen molar-refractivity contribution < 1.29 is 14.3 Å². The zero-order chi connectivity index (χ0) is 30.6. The molecular weight excluding hydrogens is 570 g/mol. The maximum absolute atomic E-state index is 14.2. The fourth-order valence-corrected chi connectivity index (χ4v) is 6.84. The van der Waals surface area contributed by atoms with Gasteiger partial charge in [-0.05, 0) is 81.5 Å². The molecule has 44 heavy (non-hydrogen) atoms. The highest BCUT2D eigenvalue weighted by atomic mass is 32.1. The second-order valence-electron chi connectivity index (χ2n) is 11.3. The molecule has 3 heterocycles. The van der Waals surface area contributed by atoms with E-state index in [1.165, 1.54) is 36.3 Å². The molecule has 0 bridgehead atoms. The molecule has 8 heteroatoms. The van der Waals surface area contributed by atoms with E-state index in [9.17, 15) is 9.59 Å². The van der Waals surface area contributed by atoms with E-state index >= 15 is 0 Å². The molecule has 1 atom stereocenters. The summed E-state index contributed by atoms with van der Waals surface area (Å²) in [6.45, 7) is 8.08. The molecule has 0 aliphatic carbocycles. The Hall–Kier alpha value is -4.43. The van der Waals surface area contributed by atoms with Crippen molar-refractivity contribution in [2.45, 2.75) is 52.2 Å². The van der Waals surface area contributed by atoms with Crippen LogP contribution in [0.1, 0.15) is 62.8 Å². The summed E-state index contributed by atoms with van der Waals surface area (Å²) in [5.41, 5.74) is 4.35. The maximum Gasteiger partial charge on any atom is 0.338 e. The topological polar surface area (TPSA) is 73.1 Å². The zero-order valence-electron chi connectivity index (χ0n) is 25.4. The fourth-order valence-electron chi connectivity index (χ4n) is 5.84. The van der Waals surface area contributed by atoms with Gasteiger partial charge in [-0.15, -0.1) is 0 Å². The smallest absolute Gasteiger partial charge is 0.338 e. The first-order valence-corrected chi connectivity index (χ1v) is 16.1. The molecule has 0 unspecified atom stereocenters. The minimum absolute atomic E-state index is 0.0205. The van der Waals surface area contributed by atoms with E-state index in [4.69, 9.17) is 14.5 Å². The number of anilines is 1. The van der Waals surface area contributed by atoms with Gasteiger partial charge in [-0.1, -0.05) is 65.9 Å². The van der Waals surface area contributed by atoms with Crippen molar-refractivity contribution in [2.24, 2.45) is 4.99 Å². The third kappa shape index (κ3) is 6.13. The van der Waals surface area contributed by atoms with Crippen LogP contribution < -0.4 is 24.5 Å². The molecule has 1 fully saturated rings. The lowest BCUT2D eigenvalue weighted by molar-refractivity contribution is -0.138. The minimum Gasteiger partial charge on any atom is -0.491 e. The second-order valence-corrected chi connectivity index (χ2v) is 12.3. The fraction of sp³-hybridized carbons (Fsp3) is 0.306. The Labute approximate surface area is 261 Å². The number of esters is 1. The number of ether oxygens (including phenoxy) is 2. The number of benzene rings is 3. The monoisotopic (exact) mass is 607 g/mol. The predicted molar refractivity (Wildman–Crippen MR) is 176 cm³/mol. The van der Waals surface area contributed by atoms with Gasteiger partial charge in [0.15, 0.2) is 4.80 Å². The number of thiazole rings is 1. The molecule has 2 aliphatic rings. The second kappa shape index (κ2) is 13.1. The lowest BCUT2D eigenvalue weighted by atomic mass is 9.93. The van der Waals surface area contributed by atoms with E-state index in [2.05, 4.69) is 29.2 Å². The quantitative estimate of drug-likeness (QED) is 0.240. The summed E-state index contributed by atoms with van der Waals surface area (Å²) < 4.78 is 13.6. The Balaban J connectivity index is 1.50. The number of fused-ring (bicyclic) bond motifs is 1. The van der Waals surface area contributed by atoms with Gasteiger partial charge in [-0.25, -0.2) is 9.79 Å². The number of hydrogen-bond acceptors (Lipinski definition) is 7. The number of nitrogens with zero attached hydrogens (tertiary/aromatic N) is 3. The summed E-state index contributed by atoms with van der Waals surface area (Å²) in [6, 6.07) is 24.8.